The number of aryl methyl sites for hydroxylation is 2. The average molecular weight is 313 g/mol. The molecule has 0 saturated heterocycles. The molecule has 0 atom stereocenters. The van der Waals surface area contributed by atoms with Gasteiger partial charge in [0.2, 0.25) is 0 Å². The van der Waals surface area contributed by atoms with Crippen LogP contribution in [-0.2, 0) is 0 Å². The fraction of sp³-hybridized carbons (Fsp3) is 0.316. The molecule has 0 bridgehead atoms. The number of halogens is 1. The highest BCUT2D eigenvalue weighted by Crippen LogP contribution is 2.32. The van der Waals surface area contributed by atoms with E-state index in [-0.39, 0.29) is 5.82 Å². The molecule has 0 saturated carbocycles. The minimum atomic E-state index is -0.229. The standard InChI is InChI=1S/C19H24FN3/c1-6-22(4)13-21-18-10-15(3)19(11-14(18)2)23(5)17-9-7-8-16(20)12-17/h7-13H,6H2,1-5H3. The maximum absolute atomic E-state index is 13.4. The molecule has 0 aliphatic rings. The van der Waals surface area contributed by atoms with Crippen molar-refractivity contribution < 1.29 is 4.39 Å². The predicted molar refractivity (Wildman–Crippen MR) is 96.8 cm³/mol. The SMILES string of the molecule is CCN(C)C=Nc1cc(C)c(N(C)c2cccc(F)c2)cc1C. The smallest absolute Gasteiger partial charge is 0.125 e. The maximum Gasteiger partial charge on any atom is 0.125 e. The molecule has 0 amide bonds. The Hall–Kier alpha value is -2.36. The van der Waals surface area contributed by atoms with Crippen molar-refractivity contribution in [2.24, 2.45) is 4.99 Å². The second-order valence-electron chi connectivity index (χ2n) is 5.78. The van der Waals surface area contributed by atoms with Crippen LogP contribution in [0.25, 0.3) is 0 Å². The third-order valence-corrected chi connectivity index (χ3v) is 3.96. The van der Waals surface area contributed by atoms with Gasteiger partial charge in [-0.25, -0.2) is 9.38 Å². The van der Waals surface area contributed by atoms with E-state index in [1.54, 1.807) is 6.07 Å². The Balaban J connectivity index is 2.34. The summed E-state index contributed by atoms with van der Waals surface area (Å²) in [6.45, 7) is 7.09. The zero-order valence-corrected chi connectivity index (χ0v) is 14.5. The highest BCUT2D eigenvalue weighted by atomic mass is 19.1. The predicted octanol–water partition coefficient (Wildman–Crippen LogP) is 4.82. The Morgan fingerprint density at radius 1 is 1.09 bits per heavy atom. The van der Waals surface area contributed by atoms with Gasteiger partial charge in [0, 0.05) is 32.0 Å². The Kier molecular flexibility index (Phi) is 5.37. The number of benzene rings is 2. The van der Waals surface area contributed by atoms with Gasteiger partial charge in [0.1, 0.15) is 5.82 Å². The van der Waals surface area contributed by atoms with Crippen LogP contribution >= 0.6 is 0 Å². The second kappa shape index (κ2) is 7.27. The minimum absolute atomic E-state index is 0.229. The monoisotopic (exact) mass is 313 g/mol. The number of anilines is 2. The van der Waals surface area contributed by atoms with Crippen LogP contribution in [0.3, 0.4) is 0 Å². The number of nitrogens with zero attached hydrogens (tertiary/aromatic N) is 3. The summed E-state index contributed by atoms with van der Waals surface area (Å²) in [7, 11) is 3.95. The van der Waals surface area contributed by atoms with Gasteiger partial charge in [-0.2, -0.15) is 0 Å². The van der Waals surface area contributed by atoms with E-state index in [1.165, 1.54) is 12.1 Å². The number of hydrogen-bond acceptors (Lipinski definition) is 2. The topological polar surface area (TPSA) is 18.8 Å². The summed E-state index contributed by atoms with van der Waals surface area (Å²) in [6, 6.07) is 10.8. The average Bonchev–Trinajstić information content (AvgIpc) is 2.54. The molecular formula is C19H24FN3. The van der Waals surface area contributed by atoms with Crippen molar-refractivity contribution in [2.45, 2.75) is 20.8 Å². The molecule has 122 valence electrons. The molecule has 2 aromatic carbocycles. The molecule has 4 heteroatoms. The van der Waals surface area contributed by atoms with Crippen LogP contribution in [0, 0.1) is 19.7 Å². The Morgan fingerprint density at radius 3 is 2.48 bits per heavy atom. The van der Waals surface area contributed by atoms with E-state index in [0.717, 1.165) is 34.7 Å². The molecule has 3 nitrogen and oxygen atoms in total. The van der Waals surface area contributed by atoms with Gasteiger partial charge in [-0.1, -0.05) is 6.07 Å². The lowest BCUT2D eigenvalue weighted by molar-refractivity contribution is 0.552. The summed E-state index contributed by atoms with van der Waals surface area (Å²) in [5, 5.41) is 0. The molecule has 0 aliphatic heterocycles. The molecule has 0 unspecified atom stereocenters. The van der Waals surface area contributed by atoms with Gasteiger partial charge in [-0.05, 0) is 62.2 Å². The first-order valence-electron chi connectivity index (χ1n) is 7.77. The number of hydrogen-bond donors (Lipinski definition) is 0. The van der Waals surface area contributed by atoms with E-state index in [0.29, 0.717) is 0 Å². The minimum Gasteiger partial charge on any atom is -0.366 e. The van der Waals surface area contributed by atoms with Crippen molar-refractivity contribution >= 4 is 23.4 Å². The summed E-state index contributed by atoms with van der Waals surface area (Å²) in [4.78, 5) is 8.57. The third kappa shape index (κ3) is 4.09. The zero-order valence-electron chi connectivity index (χ0n) is 14.5. The van der Waals surface area contributed by atoms with Crippen LogP contribution < -0.4 is 4.90 Å². The Bertz CT molecular complexity index is 710. The van der Waals surface area contributed by atoms with Crippen molar-refractivity contribution in [3.63, 3.8) is 0 Å². The normalized spacial score (nSPS) is 11.0. The molecule has 0 spiro atoms. The molecule has 23 heavy (non-hydrogen) atoms. The Labute approximate surface area is 138 Å². The number of rotatable bonds is 5. The third-order valence-electron chi connectivity index (χ3n) is 3.96. The van der Waals surface area contributed by atoms with Crippen LogP contribution in [0.4, 0.5) is 21.5 Å². The van der Waals surface area contributed by atoms with Crippen molar-refractivity contribution in [1.82, 2.24) is 4.90 Å². The summed E-state index contributed by atoms with van der Waals surface area (Å²) in [5.74, 6) is -0.229. The van der Waals surface area contributed by atoms with Crippen molar-refractivity contribution in [3.05, 3.63) is 53.3 Å². The fourth-order valence-electron chi connectivity index (χ4n) is 2.35. The lowest BCUT2D eigenvalue weighted by Crippen LogP contribution is -2.14. The first-order chi connectivity index (χ1) is 10.9. The fourth-order valence-corrected chi connectivity index (χ4v) is 2.35. The molecule has 0 N–H and O–H groups in total. The van der Waals surface area contributed by atoms with Gasteiger partial charge >= 0.3 is 0 Å². The van der Waals surface area contributed by atoms with Crippen LogP contribution in [0.1, 0.15) is 18.1 Å². The molecule has 0 heterocycles. The lowest BCUT2D eigenvalue weighted by Gasteiger charge is -2.23. The molecule has 0 aromatic heterocycles. The van der Waals surface area contributed by atoms with E-state index in [9.17, 15) is 4.39 Å². The van der Waals surface area contributed by atoms with Gasteiger partial charge in [0.05, 0.1) is 12.0 Å². The molecular weight excluding hydrogens is 289 g/mol. The maximum atomic E-state index is 13.4. The molecule has 0 fully saturated rings. The van der Waals surface area contributed by atoms with E-state index in [2.05, 4.69) is 24.0 Å². The molecule has 2 rings (SSSR count). The van der Waals surface area contributed by atoms with E-state index in [1.807, 2.05) is 50.1 Å². The zero-order chi connectivity index (χ0) is 17.0. The highest BCUT2D eigenvalue weighted by Gasteiger charge is 2.10. The summed E-state index contributed by atoms with van der Waals surface area (Å²) >= 11 is 0. The first-order valence-corrected chi connectivity index (χ1v) is 7.77. The van der Waals surface area contributed by atoms with Crippen LogP contribution in [0.2, 0.25) is 0 Å². The van der Waals surface area contributed by atoms with E-state index >= 15 is 0 Å². The van der Waals surface area contributed by atoms with Crippen LogP contribution in [0.5, 0.6) is 0 Å². The van der Waals surface area contributed by atoms with Gasteiger partial charge in [-0.3, -0.25) is 0 Å². The lowest BCUT2D eigenvalue weighted by atomic mass is 10.1. The summed E-state index contributed by atoms with van der Waals surface area (Å²) < 4.78 is 13.4. The second-order valence-corrected chi connectivity index (χ2v) is 5.78. The summed E-state index contributed by atoms with van der Waals surface area (Å²) in [6.07, 6.45) is 1.84. The summed E-state index contributed by atoms with van der Waals surface area (Å²) in [5.41, 5.74) is 5.04. The first kappa shape index (κ1) is 17.0. The van der Waals surface area contributed by atoms with E-state index in [4.69, 9.17) is 0 Å². The van der Waals surface area contributed by atoms with Crippen molar-refractivity contribution in [1.29, 1.82) is 0 Å². The van der Waals surface area contributed by atoms with Crippen LogP contribution in [-0.4, -0.2) is 31.9 Å². The quantitative estimate of drug-likeness (QED) is 0.582. The number of aliphatic imine (C=N–C) groups is 1. The van der Waals surface area contributed by atoms with Gasteiger partial charge in [0.15, 0.2) is 0 Å². The molecule has 0 radical (unpaired) electrons. The molecule has 2 aromatic rings. The highest BCUT2D eigenvalue weighted by molar-refractivity contribution is 5.72. The van der Waals surface area contributed by atoms with Crippen molar-refractivity contribution in [2.75, 3.05) is 25.5 Å². The van der Waals surface area contributed by atoms with Crippen molar-refractivity contribution in [3.8, 4) is 0 Å². The largest absolute Gasteiger partial charge is 0.366 e. The van der Waals surface area contributed by atoms with Gasteiger partial charge in [-0.15, -0.1) is 0 Å². The van der Waals surface area contributed by atoms with E-state index < -0.39 is 0 Å². The van der Waals surface area contributed by atoms with Gasteiger partial charge < -0.3 is 9.80 Å². The van der Waals surface area contributed by atoms with Crippen LogP contribution in [0.15, 0.2) is 41.4 Å². The van der Waals surface area contributed by atoms with Gasteiger partial charge in [0.25, 0.3) is 0 Å². The molecule has 0 aliphatic carbocycles. The Morgan fingerprint density at radius 2 is 1.83 bits per heavy atom.